The Kier molecular flexibility index (Phi) is 1.64. The number of phenols is 1. The van der Waals surface area contributed by atoms with Crippen LogP contribution in [0.5, 0.6) is 5.75 Å². The van der Waals surface area contributed by atoms with Gasteiger partial charge in [0.25, 0.3) is 0 Å². The molecule has 0 saturated carbocycles. The van der Waals surface area contributed by atoms with Crippen molar-refractivity contribution in [3.05, 3.63) is 18.2 Å². The number of aromatic hydroxyl groups is 1. The van der Waals surface area contributed by atoms with E-state index < -0.39 is 0 Å². The molecule has 0 aliphatic rings. The summed E-state index contributed by atoms with van der Waals surface area (Å²) in [6.45, 7) is 0. The van der Waals surface area contributed by atoms with Crippen LogP contribution < -0.4 is 11.2 Å². The maximum atomic E-state index is 8.90. The number of nitrogens with one attached hydrogen (secondary N) is 1. The summed E-state index contributed by atoms with van der Waals surface area (Å²) < 4.78 is 0. The second kappa shape index (κ2) is 2.45. The van der Waals surface area contributed by atoms with E-state index in [-0.39, 0.29) is 11.4 Å². The molecule has 4 heteroatoms. The minimum atomic E-state index is 0.0130. The lowest BCUT2D eigenvalue weighted by molar-refractivity contribution is 0.389. The minimum Gasteiger partial charge on any atom is -0.506 e. The highest BCUT2D eigenvalue weighted by Gasteiger charge is 1.95. The number of hydrogen-bond acceptors (Lipinski definition) is 4. The Hall–Kier alpha value is -1.42. The van der Waals surface area contributed by atoms with Gasteiger partial charge < -0.3 is 10.8 Å². The molecule has 0 spiro atoms. The van der Waals surface area contributed by atoms with Gasteiger partial charge in [-0.1, -0.05) is 0 Å². The van der Waals surface area contributed by atoms with E-state index >= 15 is 0 Å². The zero-order valence-electron chi connectivity index (χ0n) is 5.20. The summed E-state index contributed by atoms with van der Waals surface area (Å²) in [7, 11) is 0. The maximum Gasteiger partial charge on any atom is 0.138 e. The van der Waals surface area contributed by atoms with Crippen LogP contribution in [0.4, 0.5) is 11.4 Å². The first-order valence-corrected chi connectivity index (χ1v) is 2.72. The highest BCUT2D eigenvalue weighted by molar-refractivity contribution is 5.60. The average Bonchev–Trinajstić information content (AvgIpc) is 1.95. The summed E-state index contributed by atoms with van der Waals surface area (Å²) in [4.78, 5) is 0. The third-order valence-electron chi connectivity index (χ3n) is 1.16. The molecule has 0 unspecified atom stereocenters. The van der Waals surface area contributed by atoms with Gasteiger partial charge in [-0.05, 0) is 18.2 Å². The molecule has 0 heterocycles. The zero-order chi connectivity index (χ0) is 7.56. The maximum absolute atomic E-state index is 8.90. The molecular weight excluding hydrogens is 132 g/mol. The van der Waals surface area contributed by atoms with Crippen LogP contribution in [0.15, 0.2) is 18.2 Å². The molecule has 1 rings (SSSR count). The molecule has 5 N–H and O–H groups in total. The van der Waals surface area contributed by atoms with E-state index in [4.69, 9.17) is 16.0 Å². The molecule has 4 nitrogen and oxygen atoms in total. The molecule has 10 heavy (non-hydrogen) atoms. The van der Waals surface area contributed by atoms with Gasteiger partial charge in [-0.25, -0.2) is 0 Å². The first-order chi connectivity index (χ1) is 4.74. The fourth-order valence-electron chi connectivity index (χ4n) is 0.624. The second-order valence-electron chi connectivity index (χ2n) is 1.89. The van der Waals surface area contributed by atoms with Crippen molar-refractivity contribution in [2.75, 3.05) is 11.2 Å². The number of rotatable bonds is 1. The molecule has 54 valence electrons. The summed E-state index contributed by atoms with van der Waals surface area (Å²) in [6, 6.07) is 4.33. The van der Waals surface area contributed by atoms with Crippen LogP contribution in [-0.2, 0) is 0 Å². The highest BCUT2D eigenvalue weighted by atomic mass is 16.5. The summed E-state index contributed by atoms with van der Waals surface area (Å²) in [6.07, 6.45) is 0. The van der Waals surface area contributed by atoms with Gasteiger partial charge in [-0.2, -0.15) is 0 Å². The largest absolute Gasteiger partial charge is 0.506 e. The van der Waals surface area contributed by atoms with E-state index in [2.05, 4.69) is 0 Å². The third-order valence-corrected chi connectivity index (χ3v) is 1.16. The number of nitrogens with two attached hydrogens (primary N) is 1. The van der Waals surface area contributed by atoms with E-state index in [1.165, 1.54) is 18.2 Å². The van der Waals surface area contributed by atoms with E-state index in [1.807, 2.05) is 5.48 Å². The lowest BCUT2D eigenvalue weighted by atomic mass is 10.3. The Labute approximate surface area is 57.9 Å². The van der Waals surface area contributed by atoms with Crippen molar-refractivity contribution >= 4 is 11.4 Å². The van der Waals surface area contributed by atoms with Gasteiger partial charge in [-0.15, -0.1) is 0 Å². The van der Waals surface area contributed by atoms with E-state index in [0.29, 0.717) is 5.69 Å². The molecule has 1 aromatic carbocycles. The van der Waals surface area contributed by atoms with Gasteiger partial charge >= 0.3 is 0 Å². The Bertz CT molecular complexity index is 237. The molecule has 0 atom stereocenters. The second-order valence-corrected chi connectivity index (χ2v) is 1.89. The summed E-state index contributed by atoms with van der Waals surface area (Å²) >= 11 is 0. The fourth-order valence-corrected chi connectivity index (χ4v) is 0.624. The first kappa shape index (κ1) is 6.70. The van der Waals surface area contributed by atoms with Crippen LogP contribution in [0.25, 0.3) is 0 Å². The number of phenolic OH excluding ortho intramolecular Hbond substituents is 1. The molecule has 1 aromatic rings. The smallest absolute Gasteiger partial charge is 0.138 e. The molecule has 0 aromatic heterocycles. The van der Waals surface area contributed by atoms with Crippen LogP contribution in [0.2, 0.25) is 0 Å². The molecule has 0 bridgehead atoms. The van der Waals surface area contributed by atoms with Gasteiger partial charge in [0.15, 0.2) is 0 Å². The quantitative estimate of drug-likeness (QED) is 0.201. The predicted molar refractivity (Wildman–Crippen MR) is 37.9 cm³/mol. The van der Waals surface area contributed by atoms with Crippen molar-refractivity contribution in [3.63, 3.8) is 0 Å². The van der Waals surface area contributed by atoms with Crippen molar-refractivity contribution in [2.45, 2.75) is 0 Å². The first-order valence-electron chi connectivity index (χ1n) is 2.72. The summed E-state index contributed by atoms with van der Waals surface area (Å²) in [5.41, 5.74) is 7.89. The standard InChI is InChI=1S/C6H8N2O2/c7-5-3-4(8-10)1-2-6(5)9/h1-3,8-10H,7H2. The van der Waals surface area contributed by atoms with Gasteiger partial charge in [0.2, 0.25) is 0 Å². The van der Waals surface area contributed by atoms with Crippen molar-refractivity contribution in [1.29, 1.82) is 0 Å². The van der Waals surface area contributed by atoms with Crippen molar-refractivity contribution < 1.29 is 10.3 Å². The minimum absolute atomic E-state index is 0.0130. The Morgan fingerprint density at radius 3 is 2.60 bits per heavy atom. The lowest BCUT2D eigenvalue weighted by Gasteiger charge is -2.00. The molecule has 0 amide bonds. The Morgan fingerprint density at radius 1 is 1.40 bits per heavy atom. The summed E-state index contributed by atoms with van der Waals surface area (Å²) in [5, 5.41) is 17.3. The predicted octanol–water partition coefficient (Wildman–Crippen LogP) is 0.775. The van der Waals surface area contributed by atoms with Gasteiger partial charge in [0, 0.05) is 0 Å². The third kappa shape index (κ3) is 1.11. The summed E-state index contributed by atoms with van der Waals surface area (Å²) in [5.74, 6) is 0.0130. The molecule has 0 aliphatic carbocycles. The van der Waals surface area contributed by atoms with Crippen molar-refractivity contribution in [1.82, 2.24) is 0 Å². The fraction of sp³-hybridized carbons (Fsp3) is 0. The number of hydrogen-bond donors (Lipinski definition) is 4. The molecule has 0 saturated heterocycles. The Balaban J connectivity index is 3.04. The molecule has 0 aliphatic heterocycles. The number of benzene rings is 1. The monoisotopic (exact) mass is 140 g/mol. The van der Waals surface area contributed by atoms with Gasteiger partial charge in [0.05, 0.1) is 11.4 Å². The van der Waals surface area contributed by atoms with Crippen LogP contribution >= 0.6 is 0 Å². The van der Waals surface area contributed by atoms with Crippen LogP contribution in [-0.4, -0.2) is 10.3 Å². The van der Waals surface area contributed by atoms with Gasteiger partial charge in [-0.3, -0.25) is 10.7 Å². The van der Waals surface area contributed by atoms with Crippen LogP contribution in [0.3, 0.4) is 0 Å². The Morgan fingerprint density at radius 2 is 2.10 bits per heavy atom. The van der Waals surface area contributed by atoms with Crippen molar-refractivity contribution in [2.24, 2.45) is 0 Å². The van der Waals surface area contributed by atoms with E-state index in [9.17, 15) is 0 Å². The zero-order valence-corrected chi connectivity index (χ0v) is 5.20. The normalized spacial score (nSPS) is 9.30. The average molecular weight is 140 g/mol. The molecule has 0 fully saturated rings. The molecule has 0 radical (unpaired) electrons. The topological polar surface area (TPSA) is 78.5 Å². The highest BCUT2D eigenvalue weighted by Crippen LogP contribution is 2.22. The number of anilines is 2. The van der Waals surface area contributed by atoms with Crippen LogP contribution in [0, 0.1) is 0 Å². The van der Waals surface area contributed by atoms with Crippen LogP contribution in [0.1, 0.15) is 0 Å². The SMILES string of the molecule is Nc1cc(NO)ccc1O. The van der Waals surface area contributed by atoms with Gasteiger partial charge in [0.1, 0.15) is 5.75 Å². The van der Waals surface area contributed by atoms with E-state index in [1.54, 1.807) is 0 Å². The molecular formula is C6H8N2O2. The van der Waals surface area contributed by atoms with Crippen molar-refractivity contribution in [3.8, 4) is 5.75 Å². The lowest BCUT2D eigenvalue weighted by Crippen LogP contribution is -1.91. The number of nitrogen functional groups attached to an aromatic ring is 1. The van der Waals surface area contributed by atoms with E-state index in [0.717, 1.165) is 0 Å².